The Balaban J connectivity index is 1.18. The largest absolute Gasteiger partial charge is 0.310 e. The number of nitrogens with zero attached hydrogens (tertiary/aromatic N) is 2. The Hall–Kier alpha value is -7.16. The van der Waals surface area contributed by atoms with E-state index in [4.69, 9.17) is 0 Å². The molecule has 0 unspecified atom stereocenters. The van der Waals surface area contributed by atoms with Crippen LogP contribution < -0.4 is 4.90 Å². The summed E-state index contributed by atoms with van der Waals surface area (Å²) in [7, 11) is 0. The Bertz CT molecular complexity index is 3420. The van der Waals surface area contributed by atoms with Crippen molar-refractivity contribution in [1.29, 1.82) is 0 Å². The summed E-state index contributed by atoms with van der Waals surface area (Å²) in [6, 6.07) is 71.7. The molecule has 12 rings (SSSR count). The highest BCUT2D eigenvalue weighted by Gasteiger charge is 2.39. The van der Waals surface area contributed by atoms with E-state index in [1.54, 1.807) is 0 Å². The Morgan fingerprint density at radius 1 is 0.404 bits per heavy atom. The minimum atomic E-state index is -0.258. The summed E-state index contributed by atoms with van der Waals surface area (Å²) < 4.78 is 2.47. The van der Waals surface area contributed by atoms with Crippen LogP contribution in [0.5, 0.6) is 0 Å². The number of fused-ring (bicyclic) bond motifs is 14. The Morgan fingerprint density at radius 2 is 0.982 bits per heavy atom. The van der Waals surface area contributed by atoms with E-state index in [0.29, 0.717) is 0 Å². The predicted molar refractivity (Wildman–Crippen MR) is 243 cm³/mol. The lowest BCUT2D eigenvalue weighted by atomic mass is 9.79. The average molecular weight is 727 g/mol. The summed E-state index contributed by atoms with van der Waals surface area (Å²) >= 11 is 0. The molecule has 0 bridgehead atoms. The van der Waals surface area contributed by atoms with Gasteiger partial charge in [-0.1, -0.05) is 141 Å². The summed E-state index contributed by atoms with van der Waals surface area (Å²) in [5, 5.41) is 12.9. The molecule has 0 radical (unpaired) electrons. The van der Waals surface area contributed by atoms with E-state index in [-0.39, 0.29) is 5.41 Å². The molecule has 0 fully saturated rings. The second kappa shape index (κ2) is 11.9. The molecule has 268 valence electrons. The highest BCUT2D eigenvalue weighted by Crippen LogP contribution is 2.55. The lowest BCUT2D eigenvalue weighted by Crippen LogP contribution is -2.15. The zero-order valence-electron chi connectivity index (χ0n) is 31.9. The van der Waals surface area contributed by atoms with Gasteiger partial charge in [0.15, 0.2) is 0 Å². The summed E-state index contributed by atoms with van der Waals surface area (Å²) in [5.74, 6) is 0. The summed E-state index contributed by atoms with van der Waals surface area (Å²) in [6.45, 7) is 4.88. The first-order chi connectivity index (χ1) is 28.1. The van der Waals surface area contributed by atoms with Gasteiger partial charge >= 0.3 is 0 Å². The van der Waals surface area contributed by atoms with Crippen LogP contribution in [-0.4, -0.2) is 4.57 Å². The smallest absolute Gasteiger partial charge is 0.0544 e. The number of hydrogen-bond acceptors (Lipinski definition) is 1. The van der Waals surface area contributed by atoms with Crippen LogP contribution in [0.25, 0.3) is 81.7 Å². The zero-order valence-corrected chi connectivity index (χ0v) is 31.9. The molecule has 57 heavy (non-hydrogen) atoms. The van der Waals surface area contributed by atoms with Crippen molar-refractivity contribution in [1.82, 2.24) is 4.57 Å². The van der Waals surface area contributed by atoms with E-state index in [2.05, 4.69) is 217 Å². The van der Waals surface area contributed by atoms with Gasteiger partial charge in [0, 0.05) is 38.6 Å². The molecule has 0 aliphatic heterocycles. The topological polar surface area (TPSA) is 8.17 Å². The van der Waals surface area contributed by atoms with Crippen molar-refractivity contribution in [2.24, 2.45) is 0 Å². The summed E-state index contributed by atoms with van der Waals surface area (Å²) in [4.78, 5) is 2.43. The number of rotatable bonds is 4. The first kappa shape index (κ1) is 32.1. The van der Waals surface area contributed by atoms with E-state index < -0.39 is 0 Å². The fraction of sp³-hybridized carbons (Fsp3) is 0.0545. The molecule has 0 saturated heterocycles. The van der Waals surface area contributed by atoms with E-state index in [1.165, 1.54) is 87.1 Å². The molecule has 2 nitrogen and oxygen atoms in total. The molecule has 1 aliphatic rings. The third-order valence-electron chi connectivity index (χ3n) is 12.7. The minimum absolute atomic E-state index is 0.258. The van der Waals surface area contributed by atoms with Crippen molar-refractivity contribution in [3.63, 3.8) is 0 Å². The molecule has 0 saturated carbocycles. The van der Waals surface area contributed by atoms with Crippen molar-refractivity contribution in [3.05, 3.63) is 205 Å². The quantitative estimate of drug-likeness (QED) is 0.164. The highest BCUT2D eigenvalue weighted by molar-refractivity contribution is 6.26. The molecule has 11 aromatic rings. The van der Waals surface area contributed by atoms with Gasteiger partial charge in [0.25, 0.3) is 0 Å². The molecule has 0 N–H and O–H groups in total. The van der Waals surface area contributed by atoms with Gasteiger partial charge in [0.1, 0.15) is 0 Å². The number of hydrogen-bond donors (Lipinski definition) is 0. The van der Waals surface area contributed by atoms with E-state index in [1.807, 2.05) is 0 Å². The summed E-state index contributed by atoms with van der Waals surface area (Å²) in [5.41, 5.74) is 12.2. The van der Waals surface area contributed by atoms with Gasteiger partial charge in [-0.2, -0.15) is 0 Å². The molecule has 1 aromatic heterocycles. The number of para-hydroxylation sites is 2. The van der Waals surface area contributed by atoms with Crippen LogP contribution in [0.3, 0.4) is 0 Å². The molecule has 0 spiro atoms. The van der Waals surface area contributed by atoms with Crippen molar-refractivity contribution in [2.45, 2.75) is 19.3 Å². The lowest BCUT2D eigenvalue weighted by molar-refractivity contribution is 0.667. The zero-order chi connectivity index (χ0) is 37.8. The van der Waals surface area contributed by atoms with Gasteiger partial charge in [-0.15, -0.1) is 0 Å². The molecule has 0 atom stereocenters. The van der Waals surface area contributed by atoms with Crippen molar-refractivity contribution in [2.75, 3.05) is 4.90 Å². The van der Waals surface area contributed by atoms with Gasteiger partial charge in [-0.25, -0.2) is 0 Å². The predicted octanol–water partition coefficient (Wildman–Crippen LogP) is 15.2. The third-order valence-corrected chi connectivity index (χ3v) is 12.7. The molecule has 1 aliphatic carbocycles. The fourth-order valence-corrected chi connectivity index (χ4v) is 10.2. The second-order valence-corrected chi connectivity index (χ2v) is 16.1. The Morgan fingerprint density at radius 3 is 1.70 bits per heavy atom. The second-order valence-electron chi connectivity index (χ2n) is 16.1. The molecule has 0 amide bonds. The first-order valence-corrected chi connectivity index (χ1v) is 19.9. The molecule has 1 heterocycles. The Kier molecular flexibility index (Phi) is 6.72. The standard InChI is InChI=1S/C55H38N2/c1-55(2)49-34-46-43-26-14-12-24-41(43)40-23-11-13-25-42(40)45(46)33-47(49)44-29-31-52-53(54(44)55)48-32-38(28-30-51(48)57(52)37-20-7-4-8-21-37)56(36-18-5-3-6-19-36)50-27-15-17-35-16-9-10-22-39(35)50/h3-34H,1-2H3. The molecule has 2 heteroatoms. The van der Waals surface area contributed by atoms with Gasteiger partial charge < -0.3 is 9.47 Å². The molecule has 10 aromatic carbocycles. The van der Waals surface area contributed by atoms with Crippen molar-refractivity contribution >= 4 is 82.0 Å². The molecular weight excluding hydrogens is 689 g/mol. The van der Waals surface area contributed by atoms with Crippen LogP contribution in [0.4, 0.5) is 17.1 Å². The fourth-order valence-electron chi connectivity index (χ4n) is 10.2. The van der Waals surface area contributed by atoms with Crippen LogP contribution in [0, 0.1) is 0 Å². The third kappa shape index (κ3) is 4.53. The van der Waals surface area contributed by atoms with Crippen LogP contribution in [0.2, 0.25) is 0 Å². The van der Waals surface area contributed by atoms with Crippen LogP contribution in [0.1, 0.15) is 25.0 Å². The van der Waals surface area contributed by atoms with Gasteiger partial charge in [0.05, 0.1) is 16.7 Å². The maximum atomic E-state index is 2.52. The van der Waals surface area contributed by atoms with E-state index in [9.17, 15) is 0 Å². The number of aromatic nitrogens is 1. The maximum absolute atomic E-state index is 2.52. The molecular formula is C55H38N2. The van der Waals surface area contributed by atoms with Crippen LogP contribution in [0.15, 0.2) is 194 Å². The number of benzene rings is 10. The van der Waals surface area contributed by atoms with Crippen molar-refractivity contribution in [3.8, 4) is 16.8 Å². The Labute approximate surface area is 331 Å². The minimum Gasteiger partial charge on any atom is -0.310 e. The van der Waals surface area contributed by atoms with Gasteiger partial charge in [-0.05, 0) is 127 Å². The van der Waals surface area contributed by atoms with Crippen LogP contribution in [-0.2, 0) is 5.41 Å². The van der Waals surface area contributed by atoms with Crippen LogP contribution >= 0.6 is 0 Å². The number of anilines is 3. The lowest BCUT2D eigenvalue weighted by Gasteiger charge is -2.27. The monoisotopic (exact) mass is 726 g/mol. The van der Waals surface area contributed by atoms with Gasteiger partial charge in [-0.3, -0.25) is 0 Å². The summed E-state index contributed by atoms with van der Waals surface area (Å²) in [6.07, 6.45) is 0. The highest BCUT2D eigenvalue weighted by atomic mass is 15.1. The first-order valence-electron chi connectivity index (χ1n) is 19.9. The maximum Gasteiger partial charge on any atom is 0.0544 e. The average Bonchev–Trinajstić information content (AvgIpc) is 3.71. The SMILES string of the molecule is CC1(C)c2cc3c4ccccc4c4ccccc4c3cc2-c2ccc3c(c21)c1cc(N(c2ccccc2)c2cccc4ccccc24)ccc1n3-c1ccccc1. The van der Waals surface area contributed by atoms with E-state index in [0.717, 1.165) is 22.7 Å². The van der Waals surface area contributed by atoms with Gasteiger partial charge in [0.2, 0.25) is 0 Å². The van der Waals surface area contributed by atoms with E-state index >= 15 is 0 Å². The normalized spacial score (nSPS) is 13.2. The van der Waals surface area contributed by atoms with Crippen molar-refractivity contribution < 1.29 is 0 Å².